The van der Waals surface area contributed by atoms with Crippen LogP contribution in [-0.4, -0.2) is 18.0 Å². The van der Waals surface area contributed by atoms with Crippen molar-refractivity contribution in [3.63, 3.8) is 0 Å². The zero-order valence-corrected chi connectivity index (χ0v) is 9.54. The van der Waals surface area contributed by atoms with E-state index < -0.39 is 0 Å². The van der Waals surface area contributed by atoms with E-state index in [1.54, 1.807) is 11.3 Å². The van der Waals surface area contributed by atoms with E-state index in [9.17, 15) is 0 Å². The third-order valence-corrected chi connectivity index (χ3v) is 4.16. The smallest absolute Gasteiger partial charge is 0.0198 e. The molecule has 0 aromatic rings. The maximum absolute atomic E-state index is 2.65. The molecule has 0 saturated carbocycles. The number of rotatable bonds is 2. The first-order chi connectivity index (χ1) is 7.45. The Labute approximate surface area is 92.8 Å². The molecule has 0 amide bonds. The Bertz CT molecular complexity index is 294. The molecule has 1 heteroatoms. The van der Waals surface area contributed by atoms with E-state index in [-0.39, 0.29) is 0 Å². The summed E-state index contributed by atoms with van der Waals surface area (Å²) in [5.74, 6) is 0.811. The number of allylic oxidation sites excluding steroid dienone is 3. The number of likely N-dealkylation sites (tertiary alicyclic amines) is 1. The lowest BCUT2D eigenvalue weighted by Gasteiger charge is -2.26. The molecule has 0 aromatic carbocycles. The standard InChI is InChI=1S/C14H21N/c1-2-7-12(6-1)13-8-5-9-14(13)15-10-3-4-11-15/h6,9,13H,1-5,7-8,10-11H2. The van der Waals surface area contributed by atoms with Gasteiger partial charge in [-0.3, -0.25) is 0 Å². The fraction of sp³-hybridized carbons (Fsp3) is 0.714. The van der Waals surface area contributed by atoms with E-state index in [0.717, 1.165) is 5.92 Å². The van der Waals surface area contributed by atoms with Crippen molar-refractivity contribution in [2.75, 3.05) is 13.1 Å². The summed E-state index contributed by atoms with van der Waals surface area (Å²) in [6.45, 7) is 2.63. The van der Waals surface area contributed by atoms with Crippen LogP contribution in [0, 0.1) is 5.92 Å². The summed E-state index contributed by atoms with van der Waals surface area (Å²) in [6.07, 6.45) is 14.6. The van der Waals surface area contributed by atoms with Crippen molar-refractivity contribution in [3.8, 4) is 0 Å². The number of hydrogen-bond acceptors (Lipinski definition) is 1. The van der Waals surface area contributed by atoms with Gasteiger partial charge < -0.3 is 4.90 Å². The number of hydrogen-bond donors (Lipinski definition) is 0. The maximum atomic E-state index is 2.65. The highest BCUT2D eigenvalue weighted by molar-refractivity contribution is 5.27. The molecule has 1 aliphatic heterocycles. The van der Waals surface area contributed by atoms with Crippen LogP contribution in [0.25, 0.3) is 0 Å². The molecule has 1 saturated heterocycles. The molecule has 82 valence electrons. The van der Waals surface area contributed by atoms with Crippen LogP contribution in [0.1, 0.15) is 44.9 Å². The third-order valence-electron chi connectivity index (χ3n) is 4.16. The summed E-state index contributed by atoms with van der Waals surface area (Å²) in [6, 6.07) is 0. The van der Waals surface area contributed by atoms with Gasteiger partial charge in [-0.25, -0.2) is 0 Å². The second-order valence-electron chi connectivity index (χ2n) is 5.12. The average Bonchev–Trinajstić information content (AvgIpc) is 3.01. The van der Waals surface area contributed by atoms with Gasteiger partial charge in [0.05, 0.1) is 0 Å². The van der Waals surface area contributed by atoms with Crippen molar-refractivity contribution in [1.82, 2.24) is 4.90 Å². The van der Waals surface area contributed by atoms with Gasteiger partial charge in [-0.05, 0) is 44.9 Å². The van der Waals surface area contributed by atoms with Crippen LogP contribution in [0.4, 0.5) is 0 Å². The molecule has 0 N–H and O–H groups in total. The second-order valence-corrected chi connectivity index (χ2v) is 5.12. The molecule has 15 heavy (non-hydrogen) atoms. The van der Waals surface area contributed by atoms with Crippen LogP contribution in [0.2, 0.25) is 0 Å². The van der Waals surface area contributed by atoms with Crippen molar-refractivity contribution < 1.29 is 0 Å². The van der Waals surface area contributed by atoms with Gasteiger partial charge in [-0.2, -0.15) is 0 Å². The van der Waals surface area contributed by atoms with Gasteiger partial charge in [0.2, 0.25) is 0 Å². The highest BCUT2D eigenvalue weighted by Crippen LogP contribution is 2.39. The van der Waals surface area contributed by atoms with Crippen LogP contribution < -0.4 is 0 Å². The largest absolute Gasteiger partial charge is 0.375 e. The van der Waals surface area contributed by atoms with Gasteiger partial charge in [-0.15, -0.1) is 0 Å². The first-order valence-corrected chi connectivity index (χ1v) is 6.59. The Morgan fingerprint density at radius 2 is 1.87 bits per heavy atom. The monoisotopic (exact) mass is 203 g/mol. The maximum Gasteiger partial charge on any atom is 0.0198 e. The van der Waals surface area contributed by atoms with Crippen LogP contribution in [0.5, 0.6) is 0 Å². The molecule has 1 unspecified atom stereocenters. The van der Waals surface area contributed by atoms with Crippen molar-refractivity contribution in [2.45, 2.75) is 44.9 Å². The normalized spacial score (nSPS) is 30.9. The van der Waals surface area contributed by atoms with Gasteiger partial charge in [0, 0.05) is 24.7 Å². The van der Waals surface area contributed by atoms with Crippen LogP contribution >= 0.6 is 0 Å². The minimum atomic E-state index is 0.811. The van der Waals surface area contributed by atoms with Crippen molar-refractivity contribution in [3.05, 3.63) is 23.4 Å². The highest BCUT2D eigenvalue weighted by Gasteiger charge is 2.29. The van der Waals surface area contributed by atoms with Gasteiger partial charge in [-0.1, -0.05) is 17.7 Å². The molecule has 3 rings (SSSR count). The molecule has 1 heterocycles. The molecular weight excluding hydrogens is 182 g/mol. The van der Waals surface area contributed by atoms with Crippen LogP contribution in [0.15, 0.2) is 23.4 Å². The highest BCUT2D eigenvalue weighted by atomic mass is 15.2. The molecule has 2 aliphatic carbocycles. The fourth-order valence-electron chi connectivity index (χ4n) is 3.40. The zero-order valence-electron chi connectivity index (χ0n) is 9.54. The minimum absolute atomic E-state index is 0.811. The summed E-state index contributed by atoms with van der Waals surface area (Å²) in [4.78, 5) is 2.65. The van der Waals surface area contributed by atoms with Gasteiger partial charge in [0.1, 0.15) is 0 Å². The quantitative estimate of drug-likeness (QED) is 0.621. The molecule has 0 spiro atoms. The Balaban J connectivity index is 1.75. The molecule has 1 nitrogen and oxygen atoms in total. The van der Waals surface area contributed by atoms with E-state index in [0.29, 0.717) is 0 Å². The first-order valence-electron chi connectivity index (χ1n) is 6.59. The van der Waals surface area contributed by atoms with Crippen molar-refractivity contribution in [1.29, 1.82) is 0 Å². The topological polar surface area (TPSA) is 3.24 Å². The van der Waals surface area contributed by atoms with Crippen molar-refractivity contribution in [2.24, 2.45) is 5.92 Å². The first kappa shape index (κ1) is 9.50. The van der Waals surface area contributed by atoms with E-state index in [1.807, 2.05) is 0 Å². The van der Waals surface area contributed by atoms with Crippen molar-refractivity contribution >= 4 is 0 Å². The van der Waals surface area contributed by atoms with Gasteiger partial charge in [0.25, 0.3) is 0 Å². The van der Waals surface area contributed by atoms with Crippen LogP contribution in [-0.2, 0) is 0 Å². The molecule has 1 fully saturated rings. The SMILES string of the molecule is C1=C(C2CCC=C2N2CCCC2)CCC1. The molecule has 0 bridgehead atoms. The van der Waals surface area contributed by atoms with E-state index in [2.05, 4.69) is 17.1 Å². The summed E-state index contributed by atoms with van der Waals surface area (Å²) in [7, 11) is 0. The lowest BCUT2D eigenvalue weighted by atomic mass is 9.95. The summed E-state index contributed by atoms with van der Waals surface area (Å²) >= 11 is 0. The van der Waals surface area contributed by atoms with Crippen LogP contribution in [0.3, 0.4) is 0 Å². The molecule has 1 atom stereocenters. The fourth-order valence-corrected chi connectivity index (χ4v) is 3.40. The Morgan fingerprint density at radius 1 is 1.00 bits per heavy atom. The predicted molar refractivity (Wildman–Crippen MR) is 63.5 cm³/mol. The average molecular weight is 203 g/mol. The Morgan fingerprint density at radius 3 is 2.60 bits per heavy atom. The van der Waals surface area contributed by atoms with E-state index in [1.165, 1.54) is 58.0 Å². The van der Waals surface area contributed by atoms with E-state index >= 15 is 0 Å². The Hall–Kier alpha value is -0.720. The van der Waals surface area contributed by atoms with Gasteiger partial charge >= 0.3 is 0 Å². The third kappa shape index (κ3) is 1.73. The van der Waals surface area contributed by atoms with Gasteiger partial charge in [0.15, 0.2) is 0 Å². The molecular formula is C14H21N. The molecule has 0 radical (unpaired) electrons. The predicted octanol–water partition coefficient (Wildman–Crippen LogP) is 3.49. The number of nitrogens with zero attached hydrogens (tertiary/aromatic N) is 1. The second kappa shape index (κ2) is 4.03. The molecule has 0 aromatic heterocycles. The zero-order chi connectivity index (χ0) is 10.1. The van der Waals surface area contributed by atoms with E-state index in [4.69, 9.17) is 0 Å². The molecule has 3 aliphatic rings. The lowest BCUT2D eigenvalue weighted by Crippen LogP contribution is -2.23. The summed E-state index contributed by atoms with van der Waals surface area (Å²) in [5, 5.41) is 0. The lowest BCUT2D eigenvalue weighted by molar-refractivity contribution is 0.383. The minimum Gasteiger partial charge on any atom is -0.375 e. The summed E-state index contributed by atoms with van der Waals surface area (Å²) in [5.41, 5.74) is 3.44. The Kier molecular flexibility index (Phi) is 2.56. The summed E-state index contributed by atoms with van der Waals surface area (Å²) < 4.78 is 0.